The molecular formula is C38H34N2. The lowest BCUT2D eigenvalue weighted by atomic mass is 10.0. The van der Waals surface area contributed by atoms with Crippen LogP contribution >= 0.6 is 0 Å². The number of nitrogens with two attached hydrogens (primary N) is 1. The first-order valence-corrected chi connectivity index (χ1v) is 13.6. The fraction of sp³-hybridized carbons (Fsp3) is 0.0526. The molecule has 0 aliphatic rings. The van der Waals surface area contributed by atoms with E-state index < -0.39 is 0 Å². The molecule has 6 aromatic carbocycles. The Hall–Kier alpha value is -5.08. The van der Waals surface area contributed by atoms with Gasteiger partial charge in [0.05, 0.1) is 0 Å². The largest absolute Gasteiger partial charge is 0.398 e. The van der Waals surface area contributed by atoms with Crippen molar-refractivity contribution in [1.29, 1.82) is 0 Å². The number of aryl methyl sites for hydroxylation is 2. The first-order chi connectivity index (χ1) is 19.6. The number of benzene rings is 6. The molecule has 2 nitrogen and oxygen atoms in total. The molecule has 0 saturated carbocycles. The Bertz CT molecular complexity index is 1660. The van der Waals surface area contributed by atoms with Gasteiger partial charge in [0.25, 0.3) is 0 Å². The average molecular weight is 519 g/mol. The second kappa shape index (κ2) is 12.6. The zero-order chi connectivity index (χ0) is 27.7. The Labute approximate surface area is 237 Å². The van der Waals surface area contributed by atoms with E-state index in [1.165, 1.54) is 38.9 Å². The van der Waals surface area contributed by atoms with E-state index in [1.807, 2.05) is 43.3 Å². The van der Waals surface area contributed by atoms with Crippen LogP contribution in [-0.2, 0) is 0 Å². The van der Waals surface area contributed by atoms with Crippen molar-refractivity contribution >= 4 is 17.1 Å². The van der Waals surface area contributed by atoms with Crippen LogP contribution in [0.4, 0.5) is 17.1 Å². The van der Waals surface area contributed by atoms with Gasteiger partial charge >= 0.3 is 0 Å². The van der Waals surface area contributed by atoms with Crippen LogP contribution in [0.2, 0.25) is 0 Å². The summed E-state index contributed by atoms with van der Waals surface area (Å²) in [4.78, 5) is 0. The Morgan fingerprint density at radius 2 is 0.800 bits per heavy atom. The topological polar surface area (TPSA) is 38.0 Å². The average Bonchev–Trinajstić information content (AvgIpc) is 3.02. The third kappa shape index (κ3) is 6.67. The van der Waals surface area contributed by atoms with Crippen LogP contribution in [0.15, 0.2) is 152 Å². The monoisotopic (exact) mass is 518 g/mol. The summed E-state index contributed by atoms with van der Waals surface area (Å²) in [5, 5.41) is 3.56. The van der Waals surface area contributed by atoms with Gasteiger partial charge in [0, 0.05) is 17.1 Å². The van der Waals surface area contributed by atoms with Crippen molar-refractivity contribution in [3.8, 4) is 33.4 Å². The summed E-state index contributed by atoms with van der Waals surface area (Å²) in [6.07, 6.45) is 0. The number of nitrogens with one attached hydrogen (secondary N) is 1. The number of anilines is 3. The fourth-order valence-electron chi connectivity index (χ4n) is 4.55. The van der Waals surface area contributed by atoms with Gasteiger partial charge in [-0.15, -0.1) is 0 Å². The van der Waals surface area contributed by atoms with E-state index in [9.17, 15) is 0 Å². The summed E-state index contributed by atoms with van der Waals surface area (Å²) >= 11 is 0. The molecule has 0 fully saturated rings. The highest BCUT2D eigenvalue weighted by molar-refractivity contribution is 5.74. The molecule has 0 bridgehead atoms. The molecule has 0 aliphatic carbocycles. The summed E-state index contributed by atoms with van der Waals surface area (Å²) in [5.74, 6) is 0. The molecule has 0 amide bonds. The SMILES string of the molecule is Cc1ccc(-c2ccccc2)cc1N.Cc1ccc(-c2ccccc2)cc1Nc1ccc(-c2ccccc2)cc1. The molecule has 196 valence electrons. The maximum Gasteiger partial charge on any atom is 0.0420 e. The molecule has 0 unspecified atom stereocenters. The summed E-state index contributed by atoms with van der Waals surface area (Å²) < 4.78 is 0. The van der Waals surface area contributed by atoms with Crippen molar-refractivity contribution in [2.75, 3.05) is 11.1 Å². The van der Waals surface area contributed by atoms with Crippen LogP contribution in [0.25, 0.3) is 33.4 Å². The number of hydrogen-bond acceptors (Lipinski definition) is 2. The molecule has 0 aliphatic heterocycles. The zero-order valence-electron chi connectivity index (χ0n) is 23.0. The molecule has 0 aromatic heterocycles. The van der Waals surface area contributed by atoms with Gasteiger partial charge in [0.1, 0.15) is 0 Å². The molecule has 0 spiro atoms. The molecule has 0 heterocycles. The molecular weight excluding hydrogens is 484 g/mol. The van der Waals surface area contributed by atoms with E-state index in [2.05, 4.69) is 128 Å². The predicted molar refractivity (Wildman–Crippen MR) is 173 cm³/mol. The molecule has 6 rings (SSSR count). The van der Waals surface area contributed by atoms with Gasteiger partial charge < -0.3 is 11.1 Å². The van der Waals surface area contributed by atoms with E-state index in [0.717, 1.165) is 22.6 Å². The first kappa shape index (κ1) is 26.5. The Morgan fingerprint density at radius 3 is 1.30 bits per heavy atom. The van der Waals surface area contributed by atoms with Gasteiger partial charge in [0.15, 0.2) is 0 Å². The molecule has 3 N–H and O–H groups in total. The van der Waals surface area contributed by atoms with Crippen molar-refractivity contribution in [2.24, 2.45) is 0 Å². The third-order valence-corrected chi connectivity index (χ3v) is 7.00. The lowest BCUT2D eigenvalue weighted by Crippen LogP contribution is -1.94. The van der Waals surface area contributed by atoms with Crippen molar-refractivity contribution in [3.05, 3.63) is 163 Å². The quantitative estimate of drug-likeness (QED) is 0.223. The minimum Gasteiger partial charge on any atom is -0.398 e. The third-order valence-electron chi connectivity index (χ3n) is 7.00. The van der Waals surface area contributed by atoms with Crippen LogP contribution in [0.5, 0.6) is 0 Å². The smallest absolute Gasteiger partial charge is 0.0420 e. The summed E-state index contributed by atoms with van der Waals surface area (Å²) in [5.41, 5.74) is 18.6. The lowest BCUT2D eigenvalue weighted by molar-refractivity contribution is 1.43. The van der Waals surface area contributed by atoms with E-state index >= 15 is 0 Å². The highest BCUT2D eigenvalue weighted by Gasteiger charge is 2.04. The Kier molecular flexibility index (Phi) is 8.38. The van der Waals surface area contributed by atoms with Crippen LogP contribution in [0.3, 0.4) is 0 Å². The number of hydrogen-bond donors (Lipinski definition) is 2. The van der Waals surface area contributed by atoms with Crippen LogP contribution in [0.1, 0.15) is 11.1 Å². The van der Waals surface area contributed by atoms with Crippen LogP contribution in [-0.4, -0.2) is 0 Å². The van der Waals surface area contributed by atoms with Gasteiger partial charge in [-0.1, -0.05) is 127 Å². The second-order valence-corrected chi connectivity index (χ2v) is 9.90. The van der Waals surface area contributed by atoms with Crippen molar-refractivity contribution in [2.45, 2.75) is 13.8 Å². The van der Waals surface area contributed by atoms with Crippen molar-refractivity contribution in [1.82, 2.24) is 0 Å². The van der Waals surface area contributed by atoms with Crippen LogP contribution in [0, 0.1) is 13.8 Å². The van der Waals surface area contributed by atoms with E-state index in [4.69, 9.17) is 5.73 Å². The van der Waals surface area contributed by atoms with Crippen molar-refractivity contribution in [3.63, 3.8) is 0 Å². The minimum atomic E-state index is 0.853. The van der Waals surface area contributed by atoms with E-state index in [0.29, 0.717) is 0 Å². The van der Waals surface area contributed by atoms with Crippen molar-refractivity contribution < 1.29 is 0 Å². The highest BCUT2D eigenvalue weighted by Crippen LogP contribution is 2.29. The number of nitrogen functional groups attached to an aromatic ring is 1. The lowest BCUT2D eigenvalue weighted by Gasteiger charge is -2.13. The Morgan fingerprint density at radius 1 is 0.400 bits per heavy atom. The molecule has 2 heteroatoms. The van der Waals surface area contributed by atoms with E-state index in [-0.39, 0.29) is 0 Å². The fourth-order valence-corrected chi connectivity index (χ4v) is 4.55. The molecule has 40 heavy (non-hydrogen) atoms. The summed E-state index contributed by atoms with van der Waals surface area (Å²) in [6.45, 7) is 4.15. The molecule has 0 saturated heterocycles. The molecule has 0 atom stereocenters. The Balaban J connectivity index is 0.000000194. The predicted octanol–water partition coefficient (Wildman–Crippen LogP) is 10.3. The van der Waals surface area contributed by atoms with Gasteiger partial charge in [-0.3, -0.25) is 0 Å². The normalized spacial score (nSPS) is 10.3. The standard InChI is InChI=1S/C25H21N.C13H13N/c1-19-12-13-23(21-10-6-3-7-11-21)18-25(19)26-24-16-14-22(15-17-24)20-8-4-2-5-9-20;1-10-7-8-12(9-13(10)14)11-5-3-2-4-6-11/h2-18,26H,1H3;2-9H,14H2,1H3. The summed E-state index contributed by atoms with van der Waals surface area (Å²) in [7, 11) is 0. The highest BCUT2D eigenvalue weighted by atomic mass is 14.9. The molecule has 6 aromatic rings. The summed E-state index contributed by atoms with van der Waals surface area (Å²) in [6, 6.07) is 52.5. The van der Waals surface area contributed by atoms with Gasteiger partial charge in [-0.2, -0.15) is 0 Å². The number of rotatable bonds is 5. The van der Waals surface area contributed by atoms with E-state index in [1.54, 1.807) is 0 Å². The molecule has 0 radical (unpaired) electrons. The minimum absolute atomic E-state index is 0.853. The zero-order valence-corrected chi connectivity index (χ0v) is 23.0. The van der Waals surface area contributed by atoms with Gasteiger partial charge in [-0.25, -0.2) is 0 Å². The maximum absolute atomic E-state index is 5.86. The second-order valence-electron chi connectivity index (χ2n) is 9.90. The first-order valence-electron chi connectivity index (χ1n) is 13.6. The van der Waals surface area contributed by atoms with Crippen LogP contribution < -0.4 is 11.1 Å². The maximum atomic E-state index is 5.86. The van der Waals surface area contributed by atoms with Gasteiger partial charge in [-0.05, 0) is 82.6 Å². The van der Waals surface area contributed by atoms with Gasteiger partial charge in [0.2, 0.25) is 0 Å².